The number of para-hydroxylation sites is 1. The fraction of sp³-hybridized carbons (Fsp3) is 0.0204. The number of benzene rings is 8. The van der Waals surface area contributed by atoms with Gasteiger partial charge in [-0.1, -0.05) is 133 Å². The third-order valence-electron chi connectivity index (χ3n) is 10.5. The predicted molar refractivity (Wildman–Crippen MR) is 215 cm³/mol. The Balaban J connectivity index is 1.08. The minimum absolute atomic E-state index is 0.969. The largest absolute Gasteiger partial charge is 0.311 e. The summed E-state index contributed by atoms with van der Waals surface area (Å²) in [7, 11) is 0. The van der Waals surface area contributed by atoms with Crippen LogP contribution in [-0.2, 0) is 6.42 Å². The molecule has 0 radical (unpaired) electrons. The van der Waals surface area contributed by atoms with Crippen molar-refractivity contribution < 1.29 is 0 Å². The summed E-state index contributed by atoms with van der Waals surface area (Å²) in [6, 6.07) is 70.4. The van der Waals surface area contributed by atoms with Gasteiger partial charge in [0.2, 0.25) is 0 Å². The zero-order valence-electron chi connectivity index (χ0n) is 28.1. The summed E-state index contributed by atoms with van der Waals surface area (Å²) in [4.78, 5) is 2.35. The molecule has 0 N–H and O–H groups in total. The zero-order valence-corrected chi connectivity index (χ0v) is 28.1. The monoisotopic (exact) mass is 650 g/mol. The van der Waals surface area contributed by atoms with Gasteiger partial charge in [-0.15, -0.1) is 0 Å². The molecule has 0 fully saturated rings. The second kappa shape index (κ2) is 12.0. The van der Waals surface area contributed by atoms with Crippen LogP contribution in [0.2, 0.25) is 0 Å². The van der Waals surface area contributed by atoms with Crippen LogP contribution in [0, 0.1) is 0 Å². The van der Waals surface area contributed by atoms with E-state index in [2.05, 4.69) is 204 Å². The van der Waals surface area contributed by atoms with Crippen molar-refractivity contribution in [2.75, 3.05) is 4.90 Å². The molecule has 0 unspecified atom stereocenters. The first-order valence-electron chi connectivity index (χ1n) is 17.6. The van der Waals surface area contributed by atoms with E-state index in [9.17, 15) is 0 Å². The number of fused-ring (bicyclic) bond motifs is 7. The highest BCUT2D eigenvalue weighted by molar-refractivity contribution is 6.13. The van der Waals surface area contributed by atoms with Crippen LogP contribution in [0.4, 0.5) is 17.1 Å². The molecule has 2 heteroatoms. The molecular weight excluding hydrogens is 617 g/mol. The van der Waals surface area contributed by atoms with E-state index in [0.29, 0.717) is 0 Å². The van der Waals surface area contributed by atoms with Gasteiger partial charge in [0.05, 0.1) is 11.0 Å². The van der Waals surface area contributed by atoms with Crippen LogP contribution in [0.15, 0.2) is 194 Å². The molecule has 0 amide bonds. The molecule has 51 heavy (non-hydrogen) atoms. The van der Waals surface area contributed by atoms with Crippen molar-refractivity contribution in [2.24, 2.45) is 0 Å². The first-order chi connectivity index (χ1) is 25.3. The average molecular weight is 651 g/mol. The van der Waals surface area contributed by atoms with Crippen molar-refractivity contribution in [3.8, 4) is 39.1 Å². The van der Waals surface area contributed by atoms with Gasteiger partial charge in [0, 0.05) is 33.5 Å². The predicted octanol–water partition coefficient (Wildman–Crippen LogP) is 13.2. The molecule has 0 bridgehead atoms. The van der Waals surface area contributed by atoms with Crippen LogP contribution in [0.3, 0.4) is 0 Å². The van der Waals surface area contributed by atoms with Gasteiger partial charge >= 0.3 is 0 Å². The maximum absolute atomic E-state index is 2.44. The van der Waals surface area contributed by atoms with Crippen LogP contribution in [0.5, 0.6) is 0 Å². The van der Waals surface area contributed by atoms with Crippen LogP contribution in [-0.4, -0.2) is 4.57 Å². The highest BCUT2D eigenvalue weighted by Crippen LogP contribution is 2.45. The minimum atomic E-state index is 0.969. The topological polar surface area (TPSA) is 8.17 Å². The van der Waals surface area contributed by atoms with E-state index in [1.807, 2.05) is 0 Å². The van der Waals surface area contributed by atoms with E-state index in [1.165, 1.54) is 66.3 Å². The molecule has 0 saturated heterocycles. The molecule has 8 aromatic carbocycles. The van der Waals surface area contributed by atoms with Crippen LogP contribution in [0.25, 0.3) is 60.9 Å². The maximum Gasteiger partial charge on any atom is 0.0544 e. The second-order valence-corrected chi connectivity index (χ2v) is 13.3. The molecule has 10 rings (SSSR count). The molecule has 1 heterocycles. The van der Waals surface area contributed by atoms with E-state index in [4.69, 9.17) is 0 Å². The van der Waals surface area contributed by atoms with Crippen LogP contribution < -0.4 is 4.90 Å². The molecule has 0 saturated carbocycles. The number of rotatable bonds is 6. The number of nitrogens with zero attached hydrogens (tertiary/aromatic N) is 2. The summed E-state index contributed by atoms with van der Waals surface area (Å²) in [6.07, 6.45) is 0.969. The van der Waals surface area contributed by atoms with Crippen molar-refractivity contribution in [3.63, 3.8) is 0 Å². The lowest BCUT2D eigenvalue weighted by atomic mass is 10.0. The van der Waals surface area contributed by atoms with E-state index < -0.39 is 0 Å². The Morgan fingerprint density at radius 1 is 0.373 bits per heavy atom. The van der Waals surface area contributed by atoms with Gasteiger partial charge in [-0.3, -0.25) is 0 Å². The zero-order chi connectivity index (χ0) is 33.7. The maximum atomic E-state index is 2.44. The van der Waals surface area contributed by atoms with Gasteiger partial charge in [-0.2, -0.15) is 0 Å². The van der Waals surface area contributed by atoms with Crippen molar-refractivity contribution >= 4 is 38.9 Å². The Bertz CT molecular complexity index is 2590. The molecule has 1 aliphatic rings. The van der Waals surface area contributed by atoms with Gasteiger partial charge in [0.1, 0.15) is 0 Å². The molecule has 240 valence electrons. The lowest BCUT2D eigenvalue weighted by Gasteiger charge is -2.26. The second-order valence-electron chi connectivity index (χ2n) is 13.3. The lowest BCUT2D eigenvalue weighted by molar-refractivity contribution is 1.17. The fourth-order valence-electron chi connectivity index (χ4n) is 8.04. The Morgan fingerprint density at radius 3 is 1.51 bits per heavy atom. The van der Waals surface area contributed by atoms with Gasteiger partial charge in [0.15, 0.2) is 0 Å². The average Bonchev–Trinajstić information content (AvgIpc) is 3.75. The van der Waals surface area contributed by atoms with Crippen molar-refractivity contribution in [3.05, 3.63) is 205 Å². The summed E-state index contributed by atoms with van der Waals surface area (Å²) in [5.41, 5.74) is 17.4. The molecule has 0 atom stereocenters. The number of aromatic nitrogens is 1. The SMILES string of the molecule is c1ccc(-c2ccc(N(c3ccc(-c4ccccc4)cc3)c3ccc(-n4c5ccccc5c5c6c(ccc54)-c4ccccc4C6)cc3)cc2)cc1. The number of anilines is 3. The normalized spacial score (nSPS) is 11.8. The van der Waals surface area contributed by atoms with Gasteiger partial charge in [0.25, 0.3) is 0 Å². The Morgan fingerprint density at radius 2 is 0.882 bits per heavy atom. The Labute approximate surface area is 298 Å². The molecule has 2 nitrogen and oxygen atoms in total. The molecule has 0 spiro atoms. The molecule has 9 aromatic rings. The standard InChI is InChI=1S/C49H34N2/c1-3-11-34(12-4-1)36-19-23-39(24-20-36)50(40-25-21-37(22-26-40)35-13-5-2-6-14-35)41-27-29-42(30-28-41)51-47-18-10-9-17-45(47)49-46-33-38-15-7-8-16-43(38)44(46)31-32-48(49)51/h1-32H,33H2. The third-order valence-corrected chi connectivity index (χ3v) is 10.5. The fourth-order valence-corrected chi connectivity index (χ4v) is 8.04. The molecular formula is C49H34N2. The highest BCUT2D eigenvalue weighted by Gasteiger charge is 2.24. The lowest BCUT2D eigenvalue weighted by Crippen LogP contribution is -2.10. The number of hydrogen-bond donors (Lipinski definition) is 0. The molecule has 0 aliphatic heterocycles. The van der Waals surface area contributed by atoms with Crippen molar-refractivity contribution in [2.45, 2.75) is 6.42 Å². The van der Waals surface area contributed by atoms with Gasteiger partial charge in [-0.05, 0) is 112 Å². The summed E-state index contributed by atoms with van der Waals surface area (Å²) in [5.74, 6) is 0. The van der Waals surface area contributed by atoms with Crippen LogP contribution in [0.1, 0.15) is 11.1 Å². The first-order valence-corrected chi connectivity index (χ1v) is 17.6. The van der Waals surface area contributed by atoms with Crippen molar-refractivity contribution in [1.29, 1.82) is 0 Å². The van der Waals surface area contributed by atoms with Gasteiger partial charge < -0.3 is 9.47 Å². The Hall–Kier alpha value is -6.64. The first kappa shape index (κ1) is 29.3. The third kappa shape index (κ3) is 4.95. The van der Waals surface area contributed by atoms with Crippen LogP contribution >= 0.6 is 0 Å². The van der Waals surface area contributed by atoms with Gasteiger partial charge in [-0.25, -0.2) is 0 Å². The summed E-state index contributed by atoms with van der Waals surface area (Å²) < 4.78 is 2.44. The summed E-state index contributed by atoms with van der Waals surface area (Å²) in [6.45, 7) is 0. The summed E-state index contributed by atoms with van der Waals surface area (Å²) >= 11 is 0. The van der Waals surface area contributed by atoms with E-state index in [0.717, 1.165) is 29.2 Å². The quantitative estimate of drug-likeness (QED) is 0.174. The molecule has 1 aliphatic carbocycles. The van der Waals surface area contributed by atoms with Crippen molar-refractivity contribution in [1.82, 2.24) is 4.57 Å². The number of hydrogen-bond acceptors (Lipinski definition) is 1. The van der Waals surface area contributed by atoms with E-state index >= 15 is 0 Å². The summed E-state index contributed by atoms with van der Waals surface area (Å²) in [5, 5.41) is 2.67. The van der Waals surface area contributed by atoms with E-state index in [1.54, 1.807) is 0 Å². The van der Waals surface area contributed by atoms with E-state index in [-0.39, 0.29) is 0 Å². The Kier molecular flexibility index (Phi) is 6.92. The minimum Gasteiger partial charge on any atom is -0.311 e. The highest BCUT2D eigenvalue weighted by atomic mass is 15.1. The smallest absolute Gasteiger partial charge is 0.0544 e. The molecule has 1 aromatic heterocycles.